The molecule has 0 saturated carbocycles. The van der Waals surface area contributed by atoms with Crippen LogP contribution in [0.4, 0.5) is 17.6 Å². The minimum atomic E-state index is -1.41. The molecular weight excluding hydrogens is 408 g/mol. The predicted molar refractivity (Wildman–Crippen MR) is 111 cm³/mol. The Labute approximate surface area is 178 Å². The smallest absolute Gasteiger partial charge is 0.346 e. The van der Waals surface area contributed by atoms with Crippen molar-refractivity contribution in [3.05, 3.63) is 88.5 Å². The maximum atomic E-state index is 14.7. The van der Waals surface area contributed by atoms with Crippen LogP contribution in [0.1, 0.15) is 48.2 Å². The molecule has 3 aromatic carbocycles. The quantitative estimate of drug-likeness (QED) is 0.228. The first-order valence-corrected chi connectivity index (χ1v) is 10.1. The highest BCUT2D eigenvalue weighted by atomic mass is 19.2. The van der Waals surface area contributed by atoms with E-state index < -0.39 is 40.6 Å². The van der Waals surface area contributed by atoms with Gasteiger partial charge in [-0.3, -0.25) is 0 Å². The average molecular weight is 430 g/mol. The monoisotopic (exact) mass is 430 g/mol. The van der Waals surface area contributed by atoms with E-state index in [-0.39, 0.29) is 11.1 Å². The Morgan fingerprint density at radius 3 is 2.06 bits per heavy atom. The minimum absolute atomic E-state index is 0.0155. The molecule has 3 rings (SSSR count). The van der Waals surface area contributed by atoms with Gasteiger partial charge in [0.05, 0.1) is 5.56 Å². The Balaban J connectivity index is 1.86. The second kappa shape index (κ2) is 9.77. The van der Waals surface area contributed by atoms with Crippen LogP contribution in [-0.2, 0) is 12.8 Å². The third-order valence-electron chi connectivity index (χ3n) is 4.95. The molecule has 0 amide bonds. The largest absolute Gasteiger partial charge is 0.420 e. The van der Waals surface area contributed by atoms with Gasteiger partial charge in [0, 0.05) is 5.56 Å². The zero-order valence-electron chi connectivity index (χ0n) is 17.3. The zero-order chi connectivity index (χ0) is 22.5. The molecule has 0 atom stereocenters. The first-order chi connectivity index (χ1) is 14.9. The van der Waals surface area contributed by atoms with Gasteiger partial charge in [-0.05, 0) is 41.7 Å². The summed E-state index contributed by atoms with van der Waals surface area (Å²) in [6, 6.07) is 11.7. The molecule has 2 nitrogen and oxygen atoms in total. The Morgan fingerprint density at radius 1 is 0.742 bits per heavy atom. The molecule has 0 bridgehead atoms. The number of hydrogen-bond donors (Lipinski definition) is 0. The fourth-order valence-corrected chi connectivity index (χ4v) is 3.34. The molecular formula is C25H22F4O2. The molecule has 0 N–H and O–H groups in total. The number of benzene rings is 3. The predicted octanol–water partition coefficient (Wildman–Crippen LogP) is 7.03. The van der Waals surface area contributed by atoms with Crippen molar-refractivity contribution in [2.45, 2.75) is 39.5 Å². The summed E-state index contributed by atoms with van der Waals surface area (Å²) in [7, 11) is 0. The molecule has 0 saturated heterocycles. The maximum Gasteiger partial charge on any atom is 0.346 e. The molecule has 0 aliphatic carbocycles. The van der Waals surface area contributed by atoms with Gasteiger partial charge in [0.2, 0.25) is 5.82 Å². The van der Waals surface area contributed by atoms with E-state index in [1.165, 1.54) is 12.1 Å². The molecule has 31 heavy (non-hydrogen) atoms. The molecule has 6 heteroatoms. The van der Waals surface area contributed by atoms with Gasteiger partial charge in [-0.2, -0.15) is 4.39 Å². The minimum Gasteiger partial charge on any atom is -0.420 e. The van der Waals surface area contributed by atoms with Crippen molar-refractivity contribution in [2.75, 3.05) is 0 Å². The fraction of sp³-hybridized carbons (Fsp3) is 0.240. The van der Waals surface area contributed by atoms with E-state index >= 15 is 0 Å². The van der Waals surface area contributed by atoms with Gasteiger partial charge in [-0.1, -0.05) is 63.1 Å². The molecule has 0 heterocycles. The van der Waals surface area contributed by atoms with E-state index in [4.69, 9.17) is 4.74 Å². The van der Waals surface area contributed by atoms with Crippen molar-refractivity contribution in [1.29, 1.82) is 0 Å². The van der Waals surface area contributed by atoms with E-state index in [0.29, 0.717) is 18.4 Å². The van der Waals surface area contributed by atoms with E-state index in [2.05, 4.69) is 0 Å². The third-order valence-corrected chi connectivity index (χ3v) is 4.95. The summed E-state index contributed by atoms with van der Waals surface area (Å²) in [5, 5.41) is 0. The van der Waals surface area contributed by atoms with E-state index in [1.54, 1.807) is 12.1 Å². The summed E-state index contributed by atoms with van der Waals surface area (Å²) >= 11 is 0. The van der Waals surface area contributed by atoms with Gasteiger partial charge in [0.15, 0.2) is 23.2 Å². The number of rotatable bonds is 7. The van der Waals surface area contributed by atoms with E-state index in [0.717, 1.165) is 30.5 Å². The van der Waals surface area contributed by atoms with Crippen LogP contribution in [0.5, 0.6) is 5.75 Å². The van der Waals surface area contributed by atoms with Crippen LogP contribution in [0.25, 0.3) is 11.1 Å². The van der Waals surface area contributed by atoms with Crippen molar-refractivity contribution >= 4 is 5.97 Å². The lowest BCUT2D eigenvalue weighted by molar-refractivity contribution is 0.0720. The molecule has 0 radical (unpaired) electrons. The third kappa shape index (κ3) is 4.79. The summed E-state index contributed by atoms with van der Waals surface area (Å²) < 4.78 is 62.3. The van der Waals surface area contributed by atoms with Crippen LogP contribution in [0.3, 0.4) is 0 Å². The lowest BCUT2D eigenvalue weighted by Crippen LogP contribution is -2.14. The highest BCUT2D eigenvalue weighted by molar-refractivity contribution is 5.92. The second-order valence-electron chi connectivity index (χ2n) is 7.23. The van der Waals surface area contributed by atoms with Crippen molar-refractivity contribution in [3.8, 4) is 16.9 Å². The Morgan fingerprint density at radius 2 is 1.42 bits per heavy atom. The van der Waals surface area contributed by atoms with Gasteiger partial charge in [0.25, 0.3) is 0 Å². The Bertz CT molecular complexity index is 1090. The number of aryl methyl sites for hydroxylation is 2. The average Bonchev–Trinajstić information content (AvgIpc) is 2.76. The van der Waals surface area contributed by atoms with Gasteiger partial charge in [0.1, 0.15) is 0 Å². The summed E-state index contributed by atoms with van der Waals surface area (Å²) in [6.45, 7) is 3.85. The summed E-state index contributed by atoms with van der Waals surface area (Å²) in [5.41, 5.74) is 0.952. The fourth-order valence-electron chi connectivity index (χ4n) is 3.34. The topological polar surface area (TPSA) is 26.3 Å². The lowest BCUT2D eigenvalue weighted by atomic mass is 10.00. The van der Waals surface area contributed by atoms with Crippen molar-refractivity contribution in [1.82, 2.24) is 0 Å². The summed E-state index contributed by atoms with van der Waals surface area (Å²) in [6.07, 6.45) is 2.76. The van der Waals surface area contributed by atoms with Gasteiger partial charge in [-0.15, -0.1) is 0 Å². The van der Waals surface area contributed by atoms with Crippen molar-refractivity contribution in [3.63, 3.8) is 0 Å². The van der Waals surface area contributed by atoms with Gasteiger partial charge in [-0.25, -0.2) is 18.0 Å². The summed E-state index contributed by atoms with van der Waals surface area (Å²) in [4.78, 5) is 12.3. The second-order valence-corrected chi connectivity index (χ2v) is 7.23. The van der Waals surface area contributed by atoms with E-state index in [9.17, 15) is 22.4 Å². The molecule has 0 spiro atoms. The number of hydrogen-bond acceptors (Lipinski definition) is 2. The molecule has 0 aliphatic rings. The molecule has 3 aromatic rings. The highest BCUT2D eigenvalue weighted by Crippen LogP contribution is 2.29. The van der Waals surface area contributed by atoms with Crippen LogP contribution < -0.4 is 4.74 Å². The number of esters is 1. The first kappa shape index (κ1) is 22.5. The van der Waals surface area contributed by atoms with Crippen LogP contribution in [-0.4, -0.2) is 5.97 Å². The highest BCUT2D eigenvalue weighted by Gasteiger charge is 2.23. The summed E-state index contributed by atoms with van der Waals surface area (Å²) in [5.74, 6) is -7.10. The van der Waals surface area contributed by atoms with Crippen LogP contribution >= 0.6 is 0 Å². The Kier molecular flexibility index (Phi) is 7.10. The molecule has 162 valence electrons. The zero-order valence-corrected chi connectivity index (χ0v) is 17.3. The van der Waals surface area contributed by atoms with E-state index in [1.807, 2.05) is 26.0 Å². The Hall–Kier alpha value is -3.15. The standard InChI is InChI=1S/C25H22F4O2/c1-3-5-15-7-9-16(10-8-15)18-12-13-19(23(28)22(18)27)25(30)31-20-14-11-17(6-4-2)21(26)24(20)29/h7-14H,3-6H2,1-2H3. The first-order valence-electron chi connectivity index (χ1n) is 10.1. The molecule has 0 aliphatic heterocycles. The van der Waals surface area contributed by atoms with Crippen LogP contribution in [0.2, 0.25) is 0 Å². The maximum absolute atomic E-state index is 14.7. The molecule has 0 fully saturated rings. The van der Waals surface area contributed by atoms with Gasteiger partial charge < -0.3 is 4.74 Å². The van der Waals surface area contributed by atoms with Crippen molar-refractivity contribution < 1.29 is 27.1 Å². The lowest BCUT2D eigenvalue weighted by Gasteiger charge is -2.11. The number of carbonyl (C=O) groups is 1. The number of halogens is 4. The van der Waals surface area contributed by atoms with Crippen molar-refractivity contribution in [2.24, 2.45) is 0 Å². The van der Waals surface area contributed by atoms with Crippen LogP contribution in [0.15, 0.2) is 48.5 Å². The molecule has 0 unspecified atom stereocenters. The SMILES string of the molecule is CCCc1ccc(-c2ccc(C(=O)Oc3ccc(CCC)c(F)c3F)c(F)c2F)cc1. The number of carbonyl (C=O) groups excluding carboxylic acids is 1. The van der Waals surface area contributed by atoms with Crippen LogP contribution in [0, 0.1) is 23.3 Å². The van der Waals surface area contributed by atoms with Gasteiger partial charge >= 0.3 is 5.97 Å². The molecule has 0 aromatic heterocycles. The number of ether oxygens (including phenoxy) is 1. The normalized spacial score (nSPS) is 10.9.